The van der Waals surface area contributed by atoms with Crippen LogP contribution in [0.1, 0.15) is 105 Å². The van der Waals surface area contributed by atoms with E-state index in [9.17, 15) is 9.90 Å². The molecule has 1 unspecified atom stereocenters. The lowest BCUT2D eigenvalue weighted by Crippen LogP contribution is -2.50. The van der Waals surface area contributed by atoms with Crippen molar-refractivity contribution >= 4 is 5.78 Å². The summed E-state index contributed by atoms with van der Waals surface area (Å²) >= 11 is 0. The summed E-state index contributed by atoms with van der Waals surface area (Å²) < 4.78 is 0. The molecule has 3 saturated carbocycles. The van der Waals surface area contributed by atoms with Crippen LogP contribution in [0.15, 0.2) is 11.6 Å². The number of carbonyl (C=O) groups excluding carboxylic acids is 1. The van der Waals surface area contributed by atoms with E-state index < -0.39 is 0 Å². The standard InChI is InChI=1S/C27H44O2/c1-5-6-20(28)9-7-18(2)23-11-12-24-22-10-8-19-17-21(29)13-15-26(19,3)25(22)14-16-27(23,24)4/h8,18,21-25,29H,5-7,9-17H2,1-4H3/t18?,21-,22-,23+,24-,25-,26-,27+/m0/s1. The number of Topliss-reactive ketones (excluding diaryl/α,β-unsaturated/α-hetero) is 1. The fraction of sp³-hybridized carbons (Fsp3) is 0.889. The first-order chi connectivity index (χ1) is 13.8. The van der Waals surface area contributed by atoms with Crippen LogP contribution >= 0.6 is 0 Å². The maximum Gasteiger partial charge on any atom is 0.132 e. The van der Waals surface area contributed by atoms with Gasteiger partial charge in [0.05, 0.1) is 6.10 Å². The number of allylic oxidation sites excluding steroid dienone is 1. The molecule has 3 fully saturated rings. The summed E-state index contributed by atoms with van der Waals surface area (Å²) in [4.78, 5) is 12.1. The molecule has 0 saturated heterocycles. The molecule has 1 N–H and O–H groups in total. The van der Waals surface area contributed by atoms with Crippen molar-refractivity contribution in [2.45, 2.75) is 111 Å². The second-order valence-corrected chi connectivity index (χ2v) is 11.7. The molecule has 0 amide bonds. The van der Waals surface area contributed by atoms with Crippen LogP contribution in [-0.4, -0.2) is 17.0 Å². The van der Waals surface area contributed by atoms with Gasteiger partial charge in [-0.3, -0.25) is 4.79 Å². The fourth-order valence-corrected chi connectivity index (χ4v) is 8.61. The predicted molar refractivity (Wildman–Crippen MR) is 120 cm³/mol. The third kappa shape index (κ3) is 3.66. The molecule has 2 nitrogen and oxygen atoms in total. The Balaban J connectivity index is 1.48. The Morgan fingerprint density at radius 2 is 1.93 bits per heavy atom. The molecule has 0 aromatic heterocycles. The molecule has 4 aliphatic carbocycles. The molecule has 0 radical (unpaired) electrons. The summed E-state index contributed by atoms with van der Waals surface area (Å²) in [6.45, 7) is 9.69. The lowest BCUT2D eigenvalue weighted by Gasteiger charge is -2.58. The molecule has 0 aromatic carbocycles. The van der Waals surface area contributed by atoms with Crippen LogP contribution in [0.3, 0.4) is 0 Å². The Hall–Kier alpha value is -0.630. The third-order valence-electron chi connectivity index (χ3n) is 10.2. The summed E-state index contributed by atoms with van der Waals surface area (Å²) in [6.07, 6.45) is 16.0. The van der Waals surface area contributed by atoms with Gasteiger partial charge >= 0.3 is 0 Å². The number of fused-ring (bicyclic) bond motifs is 5. The number of aliphatic hydroxyl groups excluding tert-OH is 1. The monoisotopic (exact) mass is 400 g/mol. The van der Waals surface area contributed by atoms with E-state index in [1.165, 1.54) is 38.5 Å². The van der Waals surface area contributed by atoms with Gasteiger partial charge in [-0.25, -0.2) is 0 Å². The Kier molecular flexibility index (Phi) is 6.06. The average Bonchev–Trinajstić information content (AvgIpc) is 3.04. The van der Waals surface area contributed by atoms with Gasteiger partial charge < -0.3 is 5.11 Å². The molecule has 2 heteroatoms. The van der Waals surface area contributed by atoms with E-state index in [1.807, 2.05) is 0 Å². The average molecular weight is 401 g/mol. The number of hydrogen-bond acceptors (Lipinski definition) is 2. The third-order valence-corrected chi connectivity index (χ3v) is 10.2. The van der Waals surface area contributed by atoms with Gasteiger partial charge in [0, 0.05) is 12.8 Å². The number of hydrogen-bond donors (Lipinski definition) is 1. The minimum absolute atomic E-state index is 0.105. The van der Waals surface area contributed by atoms with Crippen molar-refractivity contribution in [1.29, 1.82) is 0 Å². The van der Waals surface area contributed by atoms with Crippen molar-refractivity contribution in [2.75, 3.05) is 0 Å². The van der Waals surface area contributed by atoms with Crippen LogP contribution < -0.4 is 0 Å². The molecule has 0 aliphatic heterocycles. The minimum Gasteiger partial charge on any atom is -0.393 e. The Labute approximate surface area is 178 Å². The van der Waals surface area contributed by atoms with Gasteiger partial charge in [0.1, 0.15) is 5.78 Å². The largest absolute Gasteiger partial charge is 0.393 e. The van der Waals surface area contributed by atoms with Gasteiger partial charge in [0.2, 0.25) is 0 Å². The highest BCUT2D eigenvalue weighted by Crippen LogP contribution is 2.67. The van der Waals surface area contributed by atoms with Gasteiger partial charge in [0.25, 0.3) is 0 Å². The van der Waals surface area contributed by atoms with E-state index in [1.54, 1.807) is 5.57 Å². The molecule has 0 heterocycles. The van der Waals surface area contributed by atoms with Crippen LogP contribution in [0.5, 0.6) is 0 Å². The Morgan fingerprint density at radius 3 is 2.69 bits per heavy atom. The van der Waals surface area contributed by atoms with Crippen molar-refractivity contribution in [3.05, 3.63) is 11.6 Å². The molecular formula is C27H44O2. The Morgan fingerprint density at radius 1 is 1.14 bits per heavy atom. The van der Waals surface area contributed by atoms with Crippen LogP contribution in [0, 0.1) is 40.4 Å². The minimum atomic E-state index is -0.105. The van der Waals surface area contributed by atoms with Crippen LogP contribution in [0.25, 0.3) is 0 Å². The zero-order valence-electron chi connectivity index (χ0n) is 19.4. The molecular weight excluding hydrogens is 356 g/mol. The molecule has 4 rings (SSSR count). The zero-order chi connectivity index (χ0) is 20.8. The van der Waals surface area contributed by atoms with Crippen molar-refractivity contribution < 1.29 is 9.90 Å². The maximum atomic E-state index is 12.1. The van der Waals surface area contributed by atoms with Crippen LogP contribution in [0.4, 0.5) is 0 Å². The number of carbonyl (C=O) groups is 1. The van der Waals surface area contributed by atoms with E-state index in [-0.39, 0.29) is 6.10 Å². The molecule has 4 aliphatic rings. The molecule has 0 bridgehead atoms. The van der Waals surface area contributed by atoms with Crippen molar-refractivity contribution in [2.24, 2.45) is 40.4 Å². The van der Waals surface area contributed by atoms with Gasteiger partial charge in [-0.2, -0.15) is 0 Å². The van der Waals surface area contributed by atoms with Crippen LogP contribution in [0.2, 0.25) is 0 Å². The maximum absolute atomic E-state index is 12.1. The lowest BCUT2D eigenvalue weighted by atomic mass is 9.47. The summed E-state index contributed by atoms with van der Waals surface area (Å²) in [6, 6.07) is 0. The first-order valence-corrected chi connectivity index (χ1v) is 12.7. The molecule has 0 aromatic rings. The quantitative estimate of drug-likeness (QED) is 0.503. The molecule has 164 valence electrons. The number of rotatable bonds is 6. The van der Waals surface area contributed by atoms with E-state index in [0.29, 0.717) is 22.5 Å². The Bertz CT molecular complexity index is 651. The molecule has 0 spiro atoms. The summed E-state index contributed by atoms with van der Waals surface area (Å²) in [5, 5.41) is 10.2. The highest BCUT2D eigenvalue weighted by Gasteiger charge is 2.59. The van der Waals surface area contributed by atoms with E-state index in [0.717, 1.165) is 62.2 Å². The predicted octanol–water partition coefficient (Wildman–Crippen LogP) is 6.71. The highest BCUT2D eigenvalue weighted by atomic mass is 16.3. The fourth-order valence-electron chi connectivity index (χ4n) is 8.61. The van der Waals surface area contributed by atoms with E-state index >= 15 is 0 Å². The summed E-state index contributed by atoms with van der Waals surface area (Å²) in [5.41, 5.74) is 2.41. The molecule has 29 heavy (non-hydrogen) atoms. The van der Waals surface area contributed by atoms with Gasteiger partial charge in [0.15, 0.2) is 0 Å². The van der Waals surface area contributed by atoms with Gasteiger partial charge in [-0.05, 0) is 105 Å². The second-order valence-electron chi connectivity index (χ2n) is 11.7. The smallest absolute Gasteiger partial charge is 0.132 e. The summed E-state index contributed by atoms with van der Waals surface area (Å²) in [5.74, 6) is 4.48. The first-order valence-electron chi connectivity index (χ1n) is 12.7. The summed E-state index contributed by atoms with van der Waals surface area (Å²) in [7, 11) is 0. The first kappa shape index (κ1) is 21.6. The van der Waals surface area contributed by atoms with Crippen molar-refractivity contribution in [3.8, 4) is 0 Å². The van der Waals surface area contributed by atoms with Gasteiger partial charge in [-0.1, -0.05) is 39.3 Å². The molecule has 8 atom stereocenters. The lowest BCUT2D eigenvalue weighted by molar-refractivity contribution is -0.119. The normalized spacial score (nSPS) is 45.0. The van der Waals surface area contributed by atoms with Gasteiger partial charge in [-0.15, -0.1) is 0 Å². The van der Waals surface area contributed by atoms with Crippen molar-refractivity contribution in [1.82, 2.24) is 0 Å². The highest BCUT2D eigenvalue weighted by molar-refractivity contribution is 5.78. The number of ketones is 1. The zero-order valence-corrected chi connectivity index (χ0v) is 19.4. The van der Waals surface area contributed by atoms with Crippen LogP contribution in [-0.2, 0) is 4.79 Å². The van der Waals surface area contributed by atoms with E-state index in [4.69, 9.17) is 0 Å². The second kappa shape index (κ2) is 8.13. The number of aliphatic hydroxyl groups is 1. The van der Waals surface area contributed by atoms with E-state index in [2.05, 4.69) is 33.8 Å². The SMILES string of the molecule is CCCC(=O)CCC(C)[C@H]1CC[C@H]2[C@@H]3CC=C4C[C@@H](O)CC[C@]4(C)[C@H]3CC[C@]12C. The van der Waals surface area contributed by atoms with Crippen molar-refractivity contribution in [3.63, 3.8) is 0 Å². The topological polar surface area (TPSA) is 37.3 Å².